The van der Waals surface area contributed by atoms with Crippen molar-refractivity contribution >= 4 is 28.9 Å². The van der Waals surface area contributed by atoms with Crippen LogP contribution in [0.2, 0.25) is 5.02 Å². The Morgan fingerprint density at radius 1 is 1.18 bits per heavy atom. The van der Waals surface area contributed by atoms with Gasteiger partial charge in [0, 0.05) is 11.8 Å². The van der Waals surface area contributed by atoms with Crippen molar-refractivity contribution < 1.29 is 9.53 Å². The van der Waals surface area contributed by atoms with Crippen molar-refractivity contribution in [2.75, 3.05) is 23.8 Å². The normalized spacial score (nSPS) is 10.1. The smallest absolute Gasteiger partial charge is 0.243 e. The molecule has 0 unspecified atom stereocenters. The number of hydrogen-bond donors (Lipinski definition) is 2. The first-order valence-corrected chi connectivity index (χ1v) is 7.58. The molecule has 2 aromatic carbocycles. The third-order valence-electron chi connectivity index (χ3n) is 2.90. The van der Waals surface area contributed by atoms with Gasteiger partial charge in [0.15, 0.2) is 0 Å². The highest BCUT2D eigenvalue weighted by Crippen LogP contribution is 2.20. The van der Waals surface area contributed by atoms with E-state index in [9.17, 15) is 4.79 Å². The van der Waals surface area contributed by atoms with Gasteiger partial charge in [-0.1, -0.05) is 36.7 Å². The van der Waals surface area contributed by atoms with Crippen molar-refractivity contribution in [3.8, 4) is 5.75 Å². The molecule has 0 aromatic heterocycles. The van der Waals surface area contributed by atoms with Crippen molar-refractivity contribution in [3.05, 3.63) is 53.6 Å². The minimum absolute atomic E-state index is 0.143. The topological polar surface area (TPSA) is 50.4 Å². The largest absolute Gasteiger partial charge is 0.494 e. The molecule has 0 aliphatic rings. The average molecular weight is 319 g/mol. The van der Waals surface area contributed by atoms with Gasteiger partial charge in [0.25, 0.3) is 0 Å². The van der Waals surface area contributed by atoms with Crippen LogP contribution < -0.4 is 15.4 Å². The summed E-state index contributed by atoms with van der Waals surface area (Å²) in [6.07, 6.45) is 0.943. The molecule has 1 amide bonds. The number of hydrogen-bond acceptors (Lipinski definition) is 3. The molecule has 0 spiro atoms. The third-order valence-corrected chi connectivity index (χ3v) is 3.23. The summed E-state index contributed by atoms with van der Waals surface area (Å²) in [6, 6.07) is 14.7. The molecule has 0 fully saturated rings. The molecule has 0 bridgehead atoms. The van der Waals surface area contributed by atoms with Crippen LogP contribution in [0.15, 0.2) is 48.5 Å². The Kier molecular flexibility index (Phi) is 6.10. The summed E-state index contributed by atoms with van der Waals surface area (Å²) in [5.41, 5.74) is 1.44. The minimum Gasteiger partial charge on any atom is -0.494 e. The van der Waals surface area contributed by atoms with Gasteiger partial charge < -0.3 is 15.4 Å². The maximum atomic E-state index is 12.0. The molecule has 0 saturated heterocycles. The van der Waals surface area contributed by atoms with Gasteiger partial charge in [-0.25, -0.2) is 0 Å². The molecular weight excluding hydrogens is 300 g/mol. The van der Waals surface area contributed by atoms with Gasteiger partial charge in [-0.2, -0.15) is 0 Å². The maximum absolute atomic E-state index is 12.0. The summed E-state index contributed by atoms with van der Waals surface area (Å²) in [7, 11) is 0. The van der Waals surface area contributed by atoms with Crippen LogP contribution in [-0.4, -0.2) is 19.1 Å². The molecular formula is C17H19ClN2O2. The molecule has 0 aliphatic carbocycles. The van der Waals surface area contributed by atoms with E-state index in [0.29, 0.717) is 17.3 Å². The molecule has 2 aromatic rings. The molecule has 0 saturated carbocycles. The number of nitrogens with one attached hydrogen (secondary N) is 2. The summed E-state index contributed by atoms with van der Waals surface area (Å²) in [6.45, 7) is 2.85. The van der Waals surface area contributed by atoms with E-state index in [1.807, 2.05) is 49.4 Å². The Morgan fingerprint density at radius 3 is 2.77 bits per heavy atom. The maximum Gasteiger partial charge on any atom is 0.243 e. The van der Waals surface area contributed by atoms with E-state index in [1.54, 1.807) is 6.07 Å². The minimum atomic E-state index is -0.146. The Balaban J connectivity index is 1.88. The van der Waals surface area contributed by atoms with Gasteiger partial charge in [-0.3, -0.25) is 4.79 Å². The summed E-state index contributed by atoms with van der Waals surface area (Å²) >= 11 is 6.03. The second kappa shape index (κ2) is 8.29. The fourth-order valence-corrected chi connectivity index (χ4v) is 2.07. The lowest BCUT2D eigenvalue weighted by molar-refractivity contribution is -0.114. The molecule has 4 nitrogen and oxygen atoms in total. The van der Waals surface area contributed by atoms with E-state index < -0.39 is 0 Å². The number of halogens is 1. The van der Waals surface area contributed by atoms with Crippen molar-refractivity contribution in [2.45, 2.75) is 13.3 Å². The van der Waals surface area contributed by atoms with Crippen molar-refractivity contribution in [3.63, 3.8) is 0 Å². The standard InChI is InChI=1S/C17H19ClN2O2/c1-2-10-22-14-7-5-6-13(11-14)20-17(21)12-19-16-9-4-3-8-15(16)18/h3-9,11,19H,2,10,12H2,1H3,(H,20,21). The number of carbonyl (C=O) groups excluding carboxylic acids is 1. The molecule has 0 heterocycles. The number of ether oxygens (including phenoxy) is 1. The number of carbonyl (C=O) groups is 1. The van der Waals surface area contributed by atoms with E-state index in [-0.39, 0.29) is 12.5 Å². The van der Waals surface area contributed by atoms with Crippen molar-refractivity contribution in [1.29, 1.82) is 0 Å². The van der Waals surface area contributed by atoms with Crippen molar-refractivity contribution in [2.24, 2.45) is 0 Å². The highest BCUT2D eigenvalue weighted by atomic mass is 35.5. The quantitative estimate of drug-likeness (QED) is 0.805. The Hall–Kier alpha value is -2.20. The summed E-state index contributed by atoms with van der Waals surface area (Å²) in [4.78, 5) is 12.0. The molecule has 5 heteroatoms. The van der Waals surface area contributed by atoms with Crippen LogP contribution in [0.5, 0.6) is 5.75 Å². The molecule has 0 atom stereocenters. The first-order valence-electron chi connectivity index (χ1n) is 7.20. The SMILES string of the molecule is CCCOc1cccc(NC(=O)CNc2ccccc2Cl)c1. The van der Waals surface area contributed by atoms with Crippen LogP contribution in [-0.2, 0) is 4.79 Å². The number of anilines is 2. The molecule has 0 radical (unpaired) electrons. The van der Waals surface area contributed by atoms with Crippen LogP contribution in [0.4, 0.5) is 11.4 Å². The van der Waals surface area contributed by atoms with Crippen LogP contribution >= 0.6 is 11.6 Å². The van der Waals surface area contributed by atoms with Gasteiger partial charge in [-0.15, -0.1) is 0 Å². The fraction of sp³-hybridized carbons (Fsp3) is 0.235. The van der Waals surface area contributed by atoms with Crippen molar-refractivity contribution in [1.82, 2.24) is 0 Å². The number of para-hydroxylation sites is 1. The Labute approximate surface area is 135 Å². The van der Waals surface area contributed by atoms with Gasteiger partial charge in [0.1, 0.15) is 5.75 Å². The lowest BCUT2D eigenvalue weighted by Gasteiger charge is -2.10. The monoisotopic (exact) mass is 318 g/mol. The van der Waals surface area contributed by atoms with Gasteiger partial charge in [0.2, 0.25) is 5.91 Å². The molecule has 2 rings (SSSR count). The lowest BCUT2D eigenvalue weighted by atomic mass is 10.3. The Morgan fingerprint density at radius 2 is 2.00 bits per heavy atom. The summed E-state index contributed by atoms with van der Waals surface area (Å²) in [5, 5.41) is 6.42. The molecule has 0 aliphatic heterocycles. The van der Waals surface area contributed by atoms with Crippen LogP contribution in [0.25, 0.3) is 0 Å². The Bertz CT molecular complexity index is 632. The van der Waals surface area contributed by atoms with Crippen LogP contribution in [0, 0.1) is 0 Å². The number of benzene rings is 2. The summed E-state index contributed by atoms with van der Waals surface area (Å²) < 4.78 is 5.54. The van der Waals surface area contributed by atoms with E-state index >= 15 is 0 Å². The molecule has 22 heavy (non-hydrogen) atoms. The third kappa shape index (κ3) is 4.97. The zero-order chi connectivity index (χ0) is 15.8. The number of amides is 1. The zero-order valence-electron chi connectivity index (χ0n) is 12.4. The lowest BCUT2D eigenvalue weighted by Crippen LogP contribution is -2.21. The second-order valence-electron chi connectivity index (χ2n) is 4.76. The fourth-order valence-electron chi connectivity index (χ4n) is 1.87. The van der Waals surface area contributed by atoms with E-state index in [0.717, 1.165) is 17.9 Å². The van der Waals surface area contributed by atoms with E-state index in [4.69, 9.17) is 16.3 Å². The first kappa shape index (κ1) is 16.2. The van der Waals surface area contributed by atoms with Gasteiger partial charge in [0.05, 0.1) is 23.9 Å². The van der Waals surface area contributed by atoms with Gasteiger partial charge in [-0.05, 0) is 30.7 Å². The first-order chi connectivity index (χ1) is 10.7. The predicted octanol–water partition coefficient (Wildman–Crippen LogP) is 4.18. The zero-order valence-corrected chi connectivity index (χ0v) is 13.2. The van der Waals surface area contributed by atoms with Gasteiger partial charge >= 0.3 is 0 Å². The highest BCUT2D eigenvalue weighted by molar-refractivity contribution is 6.33. The highest BCUT2D eigenvalue weighted by Gasteiger charge is 2.05. The van der Waals surface area contributed by atoms with Crippen LogP contribution in [0.3, 0.4) is 0 Å². The van der Waals surface area contributed by atoms with Crippen LogP contribution in [0.1, 0.15) is 13.3 Å². The van der Waals surface area contributed by atoms with E-state index in [1.165, 1.54) is 0 Å². The van der Waals surface area contributed by atoms with E-state index in [2.05, 4.69) is 10.6 Å². The summed E-state index contributed by atoms with van der Waals surface area (Å²) in [5.74, 6) is 0.603. The molecule has 116 valence electrons. The second-order valence-corrected chi connectivity index (χ2v) is 5.17. The number of rotatable bonds is 7. The average Bonchev–Trinajstić information content (AvgIpc) is 2.52. The predicted molar refractivity (Wildman–Crippen MR) is 90.8 cm³/mol. The molecule has 2 N–H and O–H groups in total.